The van der Waals surface area contributed by atoms with Gasteiger partial charge in [-0.1, -0.05) is 48.5 Å². The topological polar surface area (TPSA) is 0 Å². The standard InChI is InChI=1S/C18H12S2/c19-16-9-13-8-7-12-6-5-11-3-1-2-4-14(11)18(12)15(13)10-17(16)20/h1-10,19-20H. The zero-order valence-electron chi connectivity index (χ0n) is 10.7. The lowest BCUT2D eigenvalue weighted by Gasteiger charge is -2.09. The summed E-state index contributed by atoms with van der Waals surface area (Å²) in [5.74, 6) is 0. The van der Waals surface area contributed by atoms with Crippen molar-refractivity contribution in [1.82, 2.24) is 0 Å². The van der Waals surface area contributed by atoms with Gasteiger partial charge in [-0.25, -0.2) is 0 Å². The third-order valence-corrected chi connectivity index (χ3v) is 4.74. The predicted molar refractivity (Wildman–Crippen MR) is 93.5 cm³/mol. The number of hydrogen-bond donors (Lipinski definition) is 2. The average Bonchev–Trinajstić information content (AvgIpc) is 2.48. The van der Waals surface area contributed by atoms with Crippen molar-refractivity contribution in [3.05, 3.63) is 60.7 Å². The van der Waals surface area contributed by atoms with Crippen LogP contribution in [0.5, 0.6) is 0 Å². The van der Waals surface area contributed by atoms with Gasteiger partial charge in [0.15, 0.2) is 0 Å². The molecule has 4 rings (SSSR count). The minimum Gasteiger partial charge on any atom is -0.142 e. The minimum absolute atomic E-state index is 0.917. The first-order valence-electron chi connectivity index (χ1n) is 6.50. The Morgan fingerprint density at radius 1 is 0.550 bits per heavy atom. The molecular formula is C18H12S2. The molecule has 0 saturated carbocycles. The van der Waals surface area contributed by atoms with Crippen molar-refractivity contribution in [2.75, 3.05) is 0 Å². The second-order valence-corrected chi connectivity index (χ2v) is 5.98. The average molecular weight is 292 g/mol. The molecule has 0 atom stereocenters. The summed E-state index contributed by atoms with van der Waals surface area (Å²) in [6.07, 6.45) is 0. The summed E-state index contributed by atoms with van der Waals surface area (Å²) in [5.41, 5.74) is 0. The Labute approximate surface area is 128 Å². The van der Waals surface area contributed by atoms with Gasteiger partial charge in [0.2, 0.25) is 0 Å². The molecule has 0 aromatic heterocycles. The van der Waals surface area contributed by atoms with Gasteiger partial charge in [-0.15, -0.1) is 25.3 Å². The molecule has 4 aromatic carbocycles. The SMILES string of the molecule is Sc1cc2ccc3ccc4ccccc4c3c2cc1S. The van der Waals surface area contributed by atoms with Crippen LogP contribution in [0.4, 0.5) is 0 Å². The van der Waals surface area contributed by atoms with Gasteiger partial charge in [0, 0.05) is 9.79 Å². The Morgan fingerprint density at radius 2 is 1.20 bits per heavy atom. The highest BCUT2D eigenvalue weighted by Gasteiger charge is 2.07. The Bertz CT molecular complexity index is 971. The zero-order valence-corrected chi connectivity index (χ0v) is 12.5. The Morgan fingerprint density at radius 3 is 2.05 bits per heavy atom. The Hall–Kier alpha value is -1.64. The second-order valence-electron chi connectivity index (χ2n) is 5.01. The van der Waals surface area contributed by atoms with Crippen LogP contribution in [0.2, 0.25) is 0 Å². The van der Waals surface area contributed by atoms with Crippen molar-refractivity contribution in [3.8, 4) is 0 Å². The first-order valence-corrected chi connectivity index (χ1v) is 7.40. The van der Waals surface area contributed by atoms with Crippen molar-refractivity contribution >= 4 is 57.6 Å². The molecule has 0 aliphatic rings. The summed E-state index contributed by atoms with van der Waals surface area (Å²) in [7, 11) is 0. The largest absolute Gasteiger partial charge is 0.142 e. The monoisotopic (exact) mass is 292 g/mol. The summed E-state index contributed by atoms with van der Waals surface area (Å²) >= 11 is 8.98. The molecule has 2 heteroatoms. The van der Waals surface area contributed by atoms with Crippen molar-refractivity contribution in [2.24, 2.45) is 0 Å². The van der Waals surface area contributed by atoms with Crippen LogP contribution in [0.25, 0.3) is 32.3 Å². The third-order valence-electron chi connectivity index (χ3n) is 3.82. The van der Waals surface area contributed by atoms with E-state index in [0.29, 0.717) is 0 Å². The molecule has 0 amide bonds. The van der Waals surface area contributed by atoms with E-state index in [1.807, 2.05) is 0 Å². The van der Waals surface area contributed by atoms with E-state index >= 15 is 0 Å². The summed E-state index contributed by atoms with van der Waals surface area (Å²) in [5, 5.41) is 7.55. The molecule has 20 heavy (non-hydrogen) atoms. The van der Waals surface area contributed by atoms with Gasteiger partial charge < -0.3 is 0 Å². The van der Waals surface area contributed by atoms with Gasteiger partial charge in [0.05, 0.1) is 0 Å². The maximum atomic E-state index is 4.52. The Kier molecular flexibility index (Phi) is 2.69. The fourth-order valence-electron chi connectivity index (χ4n) is 2.85. The van der Waals surface area contributed by atoms with Crippen LogP contribution in [-0.4, -0.2) is 0 Å². The number of hydrogen-bond acceptors (Lipinski definition) is 2. The smallest absolute Gasteiger partial charge is 0.0180 e. The lowest BCUT2D eigenvalue weighted by Crippen LogP contribution is -1.82. The molecule has 0 N–H and O–H groups in total. The van der Waals surface area contributed by atoms with Crippen LogP contribution < -0.4 is 0 Å². The van der Waals surface area contributed by atoms with E-state index in [1.54, 1.807) is 0 Å². The molecular weight excluding hydrogens is 280 g/mol. The molecule has 0 unspecified atom stereocenters. The Balaban J connectivity index is 2.33. The van der Waals surface area contributed by atoms with E-state index in [2.05, 4.69) is 85.9 Å². The van der Waals surface area contributed by atoms with Gasteiger partial charge in [0.25, 0.3) is 0 Å². The van der Waals surface area contributed by atoms with Crippen LogP contribution in [0, 0.1) is 0 Å². The fourth-order valence-corrected chi connectivity index (χ4v) is 3.25. The first kappa shape index (κ1) is 12.1. The maximum absolute atomic E-state index is 4.52. The fraction of sp³-hybridized carbons (Fsp3) is 0. The van der Waals surface area contributed by atoms with E-state index in [4.69, 9.17) is 0 Å². The summed E-state index contributed by atoms with van der Waals surface area (Å²) in [4.78, 5) is 1.83. The highest BCUT2D eigenvalue weighted by molar-refractivity contribution is 7.83. The minimum atomic E-state index is 0.917. The molecule has 0 nitrogen and oxygen atoms in total. The highest BCUT2D eigenvalue weighted by atomic mass is 32.1. The quantitative estimate of drug-likeness (QED) is 0.300. The number of rotatable bonds is 0. The van der Waals surface area contributed by atoms with Crippen LogP contribution in [0.3, 0.4) is 0 Å². The van der Waals surface area contributed by atoms with E-state index in [-0.39, 0.29) is 0 Å². The van der Waals surface area contributed by atoms with Crippen molar-refractivity contribution < 1.29 is 0 Å². The van der Waals surface area contributed by atoms with Crippen LogP contribution >= 0.6 is 25.3 Å². The van der Waals surface area contributed by atoms with Gasteiger partial charge in [-0.3, -0.25) is 0 Å². The van der Waals surface area contributed by atoms with Gasteiger partial charge in [-0.2, -0.15) is 0 Å². The molecule has 0 bridgehead atoms. The van der Waals surface area contributed by atoms with Crippen molar-refractivity contribution in [2.45, 2.75) is 9.79 Å². The first-order chi connectivity index (χ1) is 9.74. The second kappa shape index (κ2) is 4.44. The predicted octanol–water partition coefficient (Wildman–Crippen LogP) is 5.72. The lowest BCUT2D eigenvalue weighted by molar-refractivity contribution is 1.30. The van der Waals surface area contributed by atoms with Crippen LogP contribution in [0.1, 0.15) is 0 Å². The third kappa shape index (κ3) is 1.72. The molecule has 4 aromatic rings. The molecule has 0 saturated heterocycles. The summed E-state index contributed by atoms with van der Waals surface area (Å²) in [6.45, 7) is 0. The molecule has 0 fully saturated rings. The number of fused-ring (bicyclic) bond motifs is 5. The molecule has 0 spiro atoms. The summed E-state index contributed by atoms with van der Waals surface area (Å²) in [6, 6.07) is 21.4. The highest BCUT2D eigenvalue weighted by Crippen LogP contribution is 2.35. The van der Waals surface area contributed by atoms with E-state index < -0.39 is 0 Å². The number of benzene rings is 4. The van der Waals surface area contributed by atoms with Crippen molar-refractivity contribution in [1.29, 1.82) is 0 Å². The van der Waals surface area contributed by atoms with E-state index in [1.165, 1.54) is 32.3 Å². The van der Waals surface area contributed by atoms with Crippen molar-refractivity contribution in [3.63, 3.8) is 0 Å². The van der Waals surface area contributed by atoms with E-state index in [0.717, 1.165) is 9.79 Å². The maximum Gasteiger partial charge on any atom is 0.0180 e. The molecule has 0 heterocycles. The van der Waals surface area contributed by atoms with Crippen LogP contribution in [-0.2, 0) is 0 Å². The normalized spacial score (nSPS) is 11.5. The van der Waals surface area contributed by atoms with Gasteiger partial charge in [-0.05, 0) is 44.5 Å². The number of thiol groups is 2. The van der Waals surface area contributed by atoms with E-state index in [9.17, 15) is 0 Å². The lowest BCUT2D eigenvalue weighted by atomic mass is 9.96. The molecule has 0 aliphatic heterocycles. The zero-order chi connectivity index (χ0) is 13.7. The molecule has 0 aliphatic carbocycles. The summed E-state index contributed by atoms with van der Waals surface area (Å²) < 4.78 is 0. The van der Waals surface area contributed by atoms with Gasteiger partial charge in [0.1, 0.15) is 0 Å². The van der Waals surface area contributed by atoms with Gasteiger partial charge >= 0.3 is 0 Å². The van der Waals surface area contributed by atoms with Crippen LogP contribution in [0.15, 0.2) is 70.5 Å². The molecule has 0 radical (unpaired) electrons. The molecule has 96 valence electrons.